The van der Waals surface area contributed by atoms with Gasteiger partial charge in [-0.2, -0.15) is 0 Å². The van der Waals surface area contributed by atoms with Crippen molar-refractivity contribution in [2.45, 2.75) is 32.8 Å². The summed E-state index contributed by atoms with van der Waals surface area (Å²) in [6.07, 6.45) is 2.99. The molecule has 90 valence electrons. The third-order valence-corrected chi connectivity index (χ3v) is 2.85. The third kappa shape index (κ3) is 6.13. The van der Waals surface area contributed by atoms with Crippen molar-refractivity contribution in [1.29, 1.82) is 0 Å². The van der Waals surface area contributed by atoms with Crippen LogP contribution in [0.1, 0.15) is 26.7 Å². The monoisotopic (exact) mass is 214 g/mol. The summed E-state index contributed by atoms with van der Waals surface area (Å²) >= 11 is 0. The SMILES string of the molecule is CC(C)CCCNCC1CN(C)CCO1. The van der Waals surface area contributed by atoms with Gasteiger partial charge in [-0.1, -0.05) is 13.8 Å². The summed E-state index contributed by atoms with van der Waals surface area (Å²) in [4.78, 5) is 2.34. The van der Waals surface area contributed by atoms with Gasteiger partial charge in [0.05, 0.1) is 12.7 Å². The van der Waals surface area contributed by atoms with Crippen LogP contribution in [-0.2, 0) is 4.74 Å². The number of nitrogens with zero attached hydrogens (tertiary/aromatic N) is 1. The highest BCUT2D eigenvalue weighted by atomic mass is 16.5. The zero-order valence-electron chi connectivity index (χ0n) is 10.5. The standard InChI is InChI=1S/C12H26N2O/c1-11(2)5-4-6-13-9-12-10-14(3)7-8-15-12/h11-13H,4-10H2,1-3H3. The molecule has 3 nitrogen and oxygen atoms in total. The first-order valence-electron chi connectivity index (χ1n) is 6.19. The van der Waals surface area contributed by atoms with Crippen molar-refractivity contribution in [3.8, 4) is 0 Å². The largest absolute Gasteiger partial charge is 0.374 e. The van der Waals surface area contributed by atoms with Crippen LogP contribution in [-0.4, -0.2) is 50.8 Å². The Hall–Kier alpha value is -0.120. The van der Waals surface area contributed by atoms with E-state index in [4.69, 9.17) is 4.74 Å². The van der Waals surface area contributed by atoms with Gasteiger partial charge in [-0.05, 0) is 32.4 Å². The van der Waals surface area contributed by atoms with E-state index >= 15 is 0 Å². The molecular weight excluding hydrogens is 188 g/mol. The molecule has 0 saturated carbocycles. The fourth-order valence-electron chi connectivity index (χ4n) is 1.89. The van der Waals surface area contributed by atoms with Gasteiger partial charge in [0.15, 0.2) is 0 Å². The molecule has 1 saturated heterocycles. The number of rotatable bonds is 6. The van der Waals surface area contributed by atoms with Crippen molar-refractivity contribution in [3.63, 3.8) is 0 Å². The Balaban J connectivity index is 1.95. The highest BCUT2D eigenvalue weighted by Crippen LogP contribution is 2.03. The van der Waals surface area contributed by atoms with E-state index in [1.54, 1.807) is 0 Å². The van der Waals surface area contributed by atoms with Crippen molar-refractivity contribution in [2.24, 2.45) is 5.92 Å². The molecular formula is C12H26N2O. The number of hydrogen-bond acceptors (Lipinski definition) is 3. The van der Waals surface area contributed by atoms with Crippen LogP contribution in [0.5, 0.6) is 0 Å². The lowest BCUT2D eigenvalue weighted by molar-refractivity contribution is -0.0180. The van der Waals surface area contributed by atoms with E-state index in [1.165, 1.54) is 12.8 Å². The highest BCUT2D eigenvalue weighted by Gasteiger charge is 2.16. The van der Waals surface area contributed by atoms with Gasteiger partial charge in [-0.3, -0.25) is 0 Å². The lowest BCUT2D eigenvalue weighted by Crippen LogP contribution is -2.44. The smallest absolute Gasteiger partial charge is 0.0826 e. The summed E-state index contributed by atoms with van der Waals surface area (Å²) in [7, 11) is 2.16. The number of hydrogen-bond donors (Lipinski definition) is 1. The molecule has 0 bridgehead atoms. The van der Waals surface area contributed by atoms with Crippen LogP contribution >= 0.6 is 0 Å². The second kappa shape index (κ2) is 7.20. The fourth-order valence-corrected chi connectivity index (χ4v) is 1.89. The van der Waals surface area contributed by atoms with E-state index in [-0.39, 0.29) is 0 Å². The topological polar surface area (TPSA) is 24.5 Å². The molecule has 3 heteroatoms. The van der Waals surface area contributed by atoms with Gasteiger partial charge in [-0.15, -0.1) is 0 Å². The molecule has 1 atom stereocenters. The van der Waals surface area contributed by atoms with Crippen molar-refractivity contribution >= 4 is 0 Å². The minimum atomic E-state index is 0.391. The predicted octanol–water partition coefficient (Wildman–Crippen LogP) is 1.34. The second-order valence-electron chi connectivity index (χ2n) is 5.00. The summed E-state index contributed by atoms with van der Waals surface area (Å²) in [6.45, 7) is 9.71. The Morgan fingerprint density at radius 3 is 2.93 bits per heavy atom. The molecule has 0 aromatic carbocycles. The van der Waals surface area contributed by atoms with Crippen molar-refractivity contribution in [1.82, 2.24) is 10.2 Å². The average molecular weight is 214 g/mol. The molecule has 0 aromatic heterocycles. The Labute approximate surface area is 94.2 Å². The summed E-state index contributed by atoms with van der Waals surface area (Å²) in [5.41, 5.74) is 0. The van der Waals surface area contributed by atoms with Crippen LogP contribution < -0.4 is 5.32 Å². The average Bonchev–Trinajstić information content (AvgIpc) is 2.17. The summed E-state index contributed by atoms with van der Waals surface area (Å²) < 4.78 is 5.67. The Morgan fingerprint density at radius 2 is 2.27 bits per heavy atom. The molecule has 0 spiro atoms. The summed E-state index contributed by atoms with van der Waals surface area (Å²) in [5, 5.41) is 3.48. The third-order valence-electron chi connectivity index (χ3n) is 2.85. The maximum absolute atomic E-state index is 5.67. The molecule has 1 N–H and O–H groups in total. The summed E-state index contributed by atoms with van der Waals surface area (Å²) in [5.74, 6) is 0.823. The summed E-state index contributed by atoms with van der Waals surface area (Å²) in [6, 6.07) is 0. The van der Waals surface area contributed by atoms with Gasteiger partial charge in [0.1, 0.15) is 0 Å². The number of likely N-dealkylation sites (N-methyl/N-ethyl adjacent to an activating group) is 1. The molecule has 1 aliphatic heterocycles. The quantitative estimate of drug-likeness (QED) is 0.675. The number of ether oxygens (including phenoxy) is 1. The van der Waals surface area contributed by atoms with Gasteiger partial charge in [0.25, 0.3) is 0 Å². The molecule has 1 unspecified atom stereocenters. The Kier molecular flexibility index (Phi) is 6.22. The van der Waals surface area contributed by atoms with Crippen molar-refractivity contribution < 1.29 is 4.74 Å². The maximum Gasteiger partial charge on any atom is 0.0826 e. The second-order valence-corrected chi connectivity index (χ2v) is 5.00. The van der Waals surface area contributed by atoms with E-state index in [0.29, 0.717) is 6.10 Å². The van der Waals surface area contributed by atoms with Gasteiger partial charge in [0, 0.05) is 19.6 Å². The molecule has 0 aromatic rings. The number of morpholine rings is 1. The minimum Gasteiger partial charge on any atom is -0.374 e. The van der Waals surface area contributed by atoms with E-state index in [2.05, 4.69) is 31.1 Å². The van der Waals surface area contributed by atoms with E-state index in [1.807, 2.05) is 0 Å². The molecule has 0 amide bonds. The van der Waals surface area contributed by atoms with Crippen LogP contribution in [0.25, 0.3) is 0 Å². The van der Waals surface area contributed by atoms with Gasteiger partial charge < -0.3 is 15.0 Å². The van der Waals surface area contributed by atoms with Crippen molar-refractivity contribution in [2.75, 3.05) is 39.8 Å². The molecule has 1 heterocycles. The molecule has 1 aliphatic rings. The number of nitrogens with one attached hydrogen (secondary N) is 1. The Morgan fingerprint density at radius 1 is 1.47 bits per heavy atom. The minimum absolute atomic E-state index is 0.391. The fraction of sp³-hybridized carbons (Fsp3) is 1.00. The zero-order valence-corrected chi connectivity index (χ0v) is 10.5. The molecule has 0 aliphatic carbocycles. The normalized spacial score (nSPS) is 23.6. The van der Waals surface area contributed by atoms with Crippen LogP contribution in [0.2, 0.25) is 0 Å². The van der Waals surface area contributed by atoms with Crippen LogP contribution in [0.15, 0.2) is 0 Å². The van der Waals surface area contributed by atoms with Crippen molar-refractivity contribution in [3.05, 3.63) is 0 Å². The molecule has 15 heavy (non-hydrogen) atoms. The van der Waals surface area contributed by atoms with Gasteiger partial charge >= 0.3 is 0 Å². The highest BCUT2D eigenvalue weighted by molar-refractivity contribution is 4.70. The lowest BCUT2D eigenvalue weighted by Gasteiger charge is -2.30. The first-order valence-corrected chi connectivity index (χ1v) is 6.19. The molecule has 1 fully saturated rings. The van der Waals surface area contributed by atoms with Crippen LogP contribution in [0.3, 0.4) is 0 Å². The first-order chi connectivity index (χ1) is 7.18. The predicted molar refractivity (Wildman–Crippen MR) is 64.2 cm³/mol. The first kappa shape index (κ1) is 12.9. The van der Waals surface area contributed by atoms with E-state index in [0.717, 1.165) is 38.7 Å². The van der Waals surface area contributed by atoms with Gasteiger partial charge in [0.2, 0.25) is 0 Å². The van der Waals surface area contributed by atoms with Gasteiger partial charge in [-0.25, -0.2) is 0 Å². The van der Waals surface area contributed by atoms with Crippen LogP contribution in [0, 0.1) is 5.92 Å². The Bertz CT molecular complexity index is 162. The maximum atomic E-state index is 5.67. The van der Waals surface area contributed by atoms with Crippen LogP contribution in [0.4, 0.5) is 0 Å². The molecule has 0 radical (unpaired) electrons. The van der Waals surface area contributed by atoms with E-state index in [9.17, 15) is 0 Å². The zero-order chi connectivity index (χ0) is 11.1. The van der Waals surface area contributed by atoms with E-state index < -0.39 is 0 Å². The lowest BCUT2D eigenvalue weighted by atomic mass is 10.1. The molecule has 1 rings (SSSR count).